The minimum absolute atomic E-state index is 0.219. The van der Waals surface area contributed by atoms with Crippen LogP contribution in [-0.4, -0.2) is 0 Å². The summed E-state index contributed by atoms with van der Waals surface area (Å²) in [6.07, 6.45) is 21.2. The van der Waals surface area contributed by atoms with Crippen molar-refractivity contribution in [1.82, 2.24) is 0 Å². The van der Waals surface area contributed by atoms with Crippen LogP contribution in [0.1, 0.15) is 43.2 Å². The molecule has 3 atom stereocenters. The summed E-state index contributed by atoms with van der Waals surface area (Å²) >= 11 is 5.02. The minimum Gasteiger partial charge on any atom is -0.343 e. The molecule has 2 aliphatic heterocycles. The molecule has 1 aromatic rings. The van der Waals surface area contributed by atoms with Crippen LogP contribution in [0.15, 0.2) is 106 Å². The summed E-state index contributed by atoms with van der Waals surface area (Å²) in [5.74, 6) is 0.849. The van der Waals surface area contributed by atoms with Gasteiger partial charge in [0.2, 0.25) is 0 Å². The molecule has 2 heterocycles. The van der Waals surface area contributed by atoms with E-state index in [0.29, 0.717) is 5.92 Å². The normalized spacial score (nSPS) is 31.3. The molecule has 3 unspecified atom stereocenters. The second-order valence-corrected chi connectivity index (χ2v) is 20.2. The van der Waals surface area contributed by atoms with E-state index in [0.717, 1.165) is 37.0 Å². The van der Waals surface area contributed by atoms with Gasteiger partial charge in [0.05, 0.1) is 0 Å². The van der Waals surface area contributed by atoms with E-state index in [1.165, 1.54) is 43.2 Å². The van der Waals surface area contributed by atoms with Crippen molar-refractivity contribution >= 4 is 71.8 Å². The Morgan fingerprint density at radius 1 is 1.08 bits per heavy atom. The second kappa shape index (κ2) is 11.7. The molecular formula is C32H30S6-2. The van der Waals surface area contributed by atoms with E-state index < -0.39 is 8.37 Å². The summed E-state index contributed by atoms with van der Waals surface area (Å²) in [4.78, 5) is 3.95. The topological polar surface area (TPSA) is 0 Å². The number of benzene rings is 1. The van der Waals surface area contributed by atoms with Gasteiger partial charge in [-0.25, -0.2) is 32.4 Å². The number of hydrogen-bond donors (Lipinski definition) is 1. The average Bonchev–Trinajstić information content (AvgIpc) is 3.19. The van der Waals surface area contributed by atoms with E-state index in [2.05, 4.69) is 85.1 Å². The van der Waals surface area contributed by atoms with Gasteiger partial charge in [-0.3, -0.25) is 16.8 Å². The summed E-state index contributed by atoms with van der Waals surface area (Å²) in [5, 5.41) is 3.95. The van der Waals surface area contributed by atoms with Crippen LogP contribution in [0, 0.1) is 28.6 Å². The van der Waals surface area contributed by atoms with Crippen LogP contribution in [0.5, 0.6) is 0 Å². The molecule has 0 spiro atoms. The first-order valence-corrected chi connectivity index (χ1v) is 20.4. The molecule has 4 bridgehead atoms. The zero-order chi connectivity index (χ0) is 26.2. The van der Waals surface area contributed by atoms with Crippen LogP contribution < -0.4 is 0 Å². The van der Waals surface area contributed by atoms with E-state index in [9.17, 15) is 0 Å². The molecule has 3 aliphatic carbocycles. The van der Waals surface area contributed by atoms with Crippen molar-refractivity contribution in [2.75, 3.05) is 0 Å². The Kier molecular flexibility index (Phi) is 8.33. The predicted molar refractivity (Wildman–Crippen MR) is 183 cm³/mol. The maximum Gasteiger partial charge on any atom is 0.0203 e. The van der Waals surface area contributed by atoms with Crippen LogP contribution in [-0.2, 0) is 16.7 Å². The molecular weight excluding hydrogens is 577 g/mol. The SMILES string of the molecule is C#[S-]1SC(=C)c2ccccc2/C=C2/C=C3C(=C(S1)C(C=C)CC1C(=C4C=CC=CC4)S[S-](S)#CC31)CCC2. The lowest BCUT2D eigenvalue weighted by Crippen LogP contribution is -2.22. The maximum atomic E-state index is 6.88. The fourth-order valence-corrected chi connectivity index (χ4v) is 15.2. The van der Waals surface area contributed by atoms with Crippen LogP contribution >= 0.6 is 44.0 Å². The monoisotopic (exact) mass is 606 g/mol. The molecule has 38 heavy (non-hydrogen) atoms. The van der Waals surface area contributed by atoms with Gasteiger partial charge in [0, 0.05) is 17.8 Å². The van der Waals surface area contributed by atoms with E-state index in [1.54, 1.807) is 10.8 Å². The van der Waals surface area contributed by atoms with Gasteiger partial charge >= 0.3 is 0 Å². The van der Waals surface area contributed by atoms with Crippen molar-refractivity contribution in [2.45, 2.75) is 32.1 Å². The highest BCUT2D eigenvalue weighted by Crippen LogP contribution is 2.55. The Labute approximate surface area is 247 Å². The van der Waals surface area contributed by atoms with Gasteiger partial charge in [0.15, 0.2) is 0 Å². The number of thiol groups is 1. The molecule has 1 aromatic carbocycles. The van der Waals surface area contributed by atoms with Crippen molar-refractivity contribution in [2.24, 2.45) is 17.8 Å². The summed E-state index contributed by atoms with van der Waals surface area (Å²) in [6, 6.07) is 8.61. The molecule has 0 radical (unpaired) electrons. The Morgan fingerprint density at radius 2 is 1.95 bits per heavy atom. The van der Waals surface area contributed by atoms with Crippen LogP contribution in [0.4, 0.5) is 0 Å². The highest BCUT2D eigenvalue weighted by molar-refractivity contribution is 9.04. The molecule has 0 nitrogen and oxygen atoms in total. The van der Waals surface area contributed by atoms with Crippen molar-refractivity contribution in [3.8, 4) is 10.9 Å². The standard InChI is InChI=1S/C32H30S6/c1-4-23-19-29-30(20-38(33)36-32(29)24-12-6-5-7-13-24)28-18-22-11-10-16-27(28)31(23)35-37(3)34-21(2)26-15-9-8-14-25(26)17-22/h3-9,12,14-15,17-18,23,29-30,33H,1-2,10-11,13,16,19H2/q-2/b22-17+,32-24?. The van der Waals surface area contributed by atoms with Gasteiger partial charge < -0.3 is 22.4 Å². The van der Waals surface area contributed by atoms with Crippen molar-refractivity contribution in [3.05, 3.63) is 117 Å². The molecule has 5 aliphatic rings. The highest BCUT2D eigenvalue weighted by Gasteiger charge is 2.37. The van der Waals surface area contributed by atoms with E-state index in [1.807, 2.05) is 21.6 Å². The predicted octanol–water partition coefficient (Wildman–Crippen LogP) is 10.2. The Balaban J connectivity index is 1.61. The Bertz CT molecular complexity index is 1570. The smallest absolute Gasteiger partial charge is 0.0203 e. The van der Waals surface area contributed by atoms with Crippen molar-refractivity contribution < 1.29 is 0 Å². The van der Waals surface area contributed by atoms with Crippen LogP contribution in [0.3, 0.4) is 0 Å². The molecule has 6 rings (SSSR count). The largest absolute Gasteiger partial charge is 0.343 e. The lowest BCUT2D eigenvalue weighted by molar-refractivity contribution is 0.476. The van der Waals surface area contributed by atoms with Gasteiger partial charge in [0.1, 0.15) is 0 Å². The third-order valence-electron chi connectivity index (χ3n) is 7.63. The van der Waals surface area contributed by atoms with E-state index >= 15 is 0 Å². The summed E-state index contributed by atoms with van der Waals surface area (Å²) < 4.78 is 0. The fourth-order valence-electron chi connectivity index (χ4n) is 5.90. The molecule has 0 fully saturated rings. The Hall–Kier alpha value is -1.20. The third kappa shape index (κ3) is 5.40. The molecule has 0 N–H and O–H groups in total. The first-order valence-electron chi connectivity index (χ1n) is 12.9. The number of hydrogen-bond acceptors (Lipinski definition) is 6. The second-order valence-electron chi connectivity index (χ2n) is 9.95. The highest BCUT2D eigenvalue weighted by atomic mass is 33.5. The van der Waals surface area contributed by atoms with Gasteiger partial charge in [-0.15, -0.1) is 6.58 Å². The third-order valence-corrected chi connectivity index (χ3v) is 16.1. The number of allylic oxidation sites excluding steroid dienone is 12. The van der Waals surface area contributed by atoms with Crippen molar-refractivity contribution in [3.63, 3.8) is 0 Å². The summed E-state index contributed by atoms with van der Waals surface area (Å²) in [7, 11) is 4.75. The Morgan fingerprint density at radius 3 is 2.76 bits per heavy atom. The summed E-state index contributed by atoms with van der Waals surface area (Å²) in [6.45, 7) is 8.79. The van der Waals surface area contributed by atoms with Crippen LogP contribution in [0.2, 0.25) is 0 Å². The number of fused-ring (bicyclic) bond motifs is 3. The maximum absolute atomic E-state index is 6.88. The number of rotatable bonds is 1. The fraction of sp³-hybridized carbons (Fsp3) is 0.250. The molecule has 0 saturated carbocycles. The molecule has 0 saturated heterocycles. The lowest BCUT2D eigenvalue weighted by Gasteiger charge is -2.38. The molecule has 0 aromatic heterocycles. The molecule has 0 amide bonds. The quantitative estimate of drug-likeness (QED) is 0.146. The average molecular weight is 607 g/mol. The van der Waals surface area contributed by atoms with Gasteiger partial charge in [-0.1, -0.05) is 73.4 Å². The van der Waals surface area contributed by atoms with Crippen LogP contribution in [0.25, 0.3) is 11.0 Å². The van der Waals surface area contributed by atoms with Gasteiger partial charge in [0.25, 0.3) is 0 Å². The molecule has 196 valence electrons. The first kappa shape index (κ1) is 27.0. The van der Waals surface area contributed by atoms with Gasteiger partial charge in [-0.05, 0) is 80.2 Å². The zero-order valence-electron chi connectivity index (χ0n) is 21.1. The first-order chi connectivity index (χ1) is 18.5. The minimum atomic E-state index is -0.462. The van der Waals surface area contributed by atoms with E-state index in [4.69, 9.17) is 17.3 Å². The summed E-state index contributed by atoms with van der Waals surface area (Å²) in [5.41, 5.74) is 15.0. The zero-order valence-corrected chi connectivity index (χ0v) is 26.1. The van der Waals surface area contributed by atoms with Gasteiger partial charge in [-0.2, -0.15) is 0 Å². The van der Waals surface area contributed by atoms with E-state index in [-0.39, 0.29) is 20.2 Å². The van der Waals surface area contributed by atoms with Crippen molar-refractivity contribution in [1.29, 1.82) is 0 Å². The lowest BCUT2D eigenvalue weighted by atomic mass is 9.80. The molecule has 6 heteroatoms.